The summed E-state index contributed by atoms with van der Waals surface area (Å²) in [6.45, 7) is 0.416. The molecule has 7 nitrogen and oxygen atoms in total. The number of nitrogens with zero attached hydrogens (tertiary/aromatic N) is 1. The number of carboxylic acids is 1. The van der Waals surface area contributed by atoms with Crippen LogP contribution in [0.15, 0.2) is 24.3 Å². The van der Waals surface area contributed by atoms with Crippen LogP contribution in [0.2, 0.25) is 0 Å². The summed E-state index contributed by atoms with van der Waals surface area (Å²) < 4.78 is 24.5. The molecule has 2 rings (SSSR count). The topological polar surface area (TPSA) is 104 Å². The van der Waals surface area contributed by atoms with Gasteiger partial charge in [0, 0.05) is 17.8 Å². The van der Waals surface area contributed by atoms with Crippen LogP contribution in [-0.2, 0) is 14.8 Å². The average molecular weight is 312 g/mol. The smallest absolute Gasteiger partial charge is 0.326 e. The van der Waals surface area contributed by atoms with Gasteiger partial charge < -0.3 is 10.0 Å². The lowest BCUT2D eigenvalue weighted by Gasteiger charge is -2.21. The van der Waals surface area contributed by atoms with Crippen LogP contribution in [0.4, 0.5) is 5.69 Å². The molecule has 1 aromatic carbocycles. The Morgan fingerprint density at radius 3 is 2.43 bits per heavy atom. The highest BCUT2D eigenvalue weighted by Gasteiger charge is 2.34. The largest absolute Gasteiger partial charge is 0.480 e. The monoisotopic (exact) mass is 312 g/mol. The summed E-state index contributed by atoms with van der Waals surface area (Å²) in [6.07, 6.45) is 2.15. The fourth-order valence-electron chi connectivity index (χ4n) is 2.33. The summed E-state index contributed by atoms with van der Waals surface area (Å²) in [6, 6.07) is 5.12. The maximum Gasteiger partial charge on any atom is 0.326 e. The van der Waals surface area contributed by atoms with E-state index < -0.39 is 22.0 Å². The first-order valence-corrected chi connectivity index (χ1v) is 8.29. The second kappa shape index (κ2) is 5.72. The molecule has 1 aliphatic rings. The average Bonchev–Trinajstić information content (AvgIpc) is 2.86. The Kier molecular flexibility index (Phi) is 4.17. The molecule has 0 aliphatic carbocycles. The van der Waals surface area contributed by atoms with Crippen LogP contribution in [-0.4, -0.2) is 49.1 Å². The number of benzene rings is 1. The van der Waals surface area contributed by atoms with Crippen LogP contribution in [0.1, 0.15) is 23.2 Å². The van der Waals surface area contributed by atoms with E-state index in [4.69, 9.17) is 5.11 Å². The standard InChI is InChI=1S/C13H16N2O5S/c1-21(19,20)14-10-6-4-9(5-7-10)12(16)15-8-2-3-11(15)13(17)18/h4-7,11,14H,2-3,8H2,1H3,(H,17,18)/t11-/m0/s1. The normalized spacial score (nSPS) is 18.5. The molecule has 0 bridgehead atoms. The highest BCUT2D eigenvalue weighted by Crippen LogP contribution is 2.21. The lowest BCUT2D eigenvalue weighted by atomic mass is 10.1. The van der Waals surface area contributed by atoms with Crippen molar-refractivity contribution in [2.24, 2.45) is 0 Å². The molecule has 8 heteroatoms. The van der Waals surface area contributed by atoms with E-state index in [1.165, 1.54) is 29.2 Å². The zero-order valence-electron chi connectivity index (χ0n) is 11.4. The zero-order chi connectivity index (χ0) is 15.6. The number of likely N-dealkylation sites (tertiary alicyclic amines) is 1. The summed E-state index contributed by atoms with van der Waals surface area (Å²) in [4.78, 5) is 24.7. The molecule has 1 aliphatic heterocycles. The van der Waals surface area contributed by atoms with Gasteiger partial charge in [-0.05, 0) is 37.1 Å². The van der Waals surface area contributed by atoms with Gasteiger partial charge in [-0.15, -0.1) is 0 Å². The van der Waals surface area contributed by atoms with Crippen molar-refractivity contribution in [3.63, 3.8) is 0 Å². The molecule has 21 heavy (non-hydrogen) atoms. The number of hydrogen-bond acceptors (Lipinski definition) is 4. The molecule has 1 heterocycles. The summed E-state index contributed by atoms with van der Waals surface area (Å²) in [5.74, 6) is -1.36. The van der Waals surface area contributed by atoms with Gasteiger partial charge in [0.2, 0.25) is 10.0 Å². The highest BCUT2D eigenvalue weighted by atomic mass is 32.2. The van der Waals surface area contributed by atoms with E-state index in [0.29, 0.717) is 30.6 Å². The van der Waals surface area contributed by atoms with E-state index in [0.717, 1.165) is 6.26 Å². The number of hydrogen-bond donors (Lipinski definition) is 2. The third-order valence-electron chi connectivity index (χ3n) is 3.23. The Labute approximate surface area is 122 Å². The van der Waals surface area contributed by atoms with Gasteiger partial charge in [-0.3, -0.25) is 9.52 Å². The molecule has 2 N–H and O–H groups in total. The first-order chi connectivity index (χ1) is 9.78. The summed E-state index contributed by atoms with van der Waals surface area (Å²) >= 11 is 0. The third kappa shape index (κ3) is 3.72. The number of rotatable bonds is 4. The SMILES string of the molecule is CS(=O)(=O)Nc1ccc(C(=O)N2CCC[C@H]2C(=O)O)cc1. The molecule has 1 aromatic rings. The molecule has 1 amide bonds. The lowest BCUT2D eigenvalue weighted by Crippen LogP contribution is -2.40. The van der Waals surface area contributed by atoms with Crippen LogP contribution >= 0.6 is 0 Å². The number of carbonyl (C=O) groups excluding carboxylic acids is 1. The molecule has 1 saturated heterocycles. The van der Waals surface area contributed by atoms with E-state index in [1.807, 2.05) is 0 Å². The lowest BCUT2D eigenvalue weighted by molar-refractivity contribution is -0.141. The summed E-state index contributed by atoms with van der Waals surface area (Å²) in [7, 11) is -3.37. The first kappa shape index (κ1) is 15.3. The third-order valence-corrected chi connectivity index (χ3v) is 3.84. The summed E-state index contributed by atoms with van der Waals surface area (Å²) in [5.41, 5.74) is 0.687. The van der Waals surface area contributed by atoms with E-state index in [-0.39, 0.29) is 5.91 Å². The molecule has 0 radical (unpaired) electrons. The van der Waals surface area contributed by atoms with Gasteiger partial charge in [-0.1, -0.05) is 0 Å². The second-order valence-corrected chi connectivity index (χ2v) is 6.69. The minimum atomic E-state index is -3.37. The number of aliphatic carboxylic acids is 1. The number of anilines is 1. The van der Waals surface area contributed by atoms with Crippen molar-refractivity contribution in [3.05, 3.63) is 29.8 Å². The van der Waals surface area contributed by atoms with Crippen molar-refractivity contribution >= 4 is 27.6 Å². The van der Waals surface area contributed by atoms with Crippen molar-refractivity contribution in [3.8, 4) is 0 Å². The molecule has 1 fully saturated rings. The van der Waals surface area contributed by atoms with E-state index >= 15 is 0 Å². The van der Waals surface area contributed by atoms with E-state index in [1.54, 1.807) is 0 Å². The number of sulfonamides is 1. The Balaban J connectivity index is 2.15. The molecule has 114 valence electrons. The maximum absolute atomic E-state index is 12.3. The van der Waals surface area contributed by atoms with Gasteiger partial charge in [0.25, 0.3) is 5.91 Å². The number of carboxylic acid groups (broad SMARTS) is 1. The maximum atomic E-state index is 12.3. The van der Waals surface area contributed by atoms with Crippen molar-refractivity contribution in [2.75, 3.05) is 17.5 Å². The number of amides is 1. The van der Waals surface area contributed by atoms with Crippen LogP contribution in [0.3, 0.4) is 0 Å². The van der Waals surface area contributed by atoms with Crippen molar-refractivity contribution in [1.82, 2.24) is 4.90 Å². The fraction of sp³-hybridized carbons (Fsp3) is 0.385. The predicted octanol–water partition coefficient (Wildman–Crippen LogP) is 0.747. The molecular weight excluding hydrogens is 296 g/mol. The van der Waals surface area contributed by atoms with Gasteiger partial charge in [0.1, 0.15) is 6.04 Å². The Morgan fingerprint density at radius 1 is 1.29 bits per heavy atom. The van der Waals surface area contributed by atoms with E-state index in [2.05, 4.69) is 4.72 Å². The van der Waals surface area contributed by atoms with Crippen molar-refractivity contribution < 1.29 is 23.1 Å². The van der Waals surface area contributed by atoms with Gasteiger partial charge >= 0.3 is 5.97 Å². The van der Waals surface area contributed by atoms with Crippen LogP contribution < -0.4 is 4.72 Å². The fourth-order valence-corrected chi connectivity index (χ4v) is 2.89. The highest BCUT2D eigenvalue weighted by molar-refractivity contribution is 7.92. The van der Waals surface area contributed by atoms with Crippen LogP contribution in [0.25, 0.3) is 0 Å². The minimum Gasteiger partial charge on any atom is -0.480 e. The molecule has 1 atom stereocenters. The Hall–Kier alpha value is -2.09. The van der Waals surface area contributed by atoms with Crippen molar-refractivity contribution in [1.29, 1.82) is 0 Å². The molecule has 0 spiro atoms. The summed E-state index contributed by atoms with van der Waals surface area (Å²) in [5, 5.41) is 9.08. The molecule has 0 unspecified atom stereocenters. The van der Waals surface area contributed by atoms with Gasteiger partial charge in [0.05, 0.1) is 6.26 Å². The van der Waals surface area contributed by atoms with Gasteiger partial charge in [-0.2, -0.15) is 0 Å². The molecular formula is C13H16N2O5S. The van der Waals surface area contributed by atoms with Crippen molar-refractivity contribution in [2.45, 2.75) is 18.9 Å². The second-order valence-electron chi connectivity index (χ2n) is 4.95. The van der Waals surface area contributed by atoms with Gasteiger partial charge in [-0.25, -0.2) is 13.2 Å². The van der Waals surface area contributed by atoms with Crippen LogP contribution in [0.5, 0.6) is 0 Å². The predicted molar refractivity (Wildman–Crippen MR) is 76.6 cm³/mol. The molecule has 0 saturated carbocycles. The quantitative estimate of drug-likeness (QED) is 0.853. The minimum absolute atomic E-state index is 0.335. The Bertz CT molecular complexity index is 654. The Morgan fingerprint density at radius 2 is 1.90 bits per heavy atom. The van der Waals surface area contributed by atoms with Crippen LogP contribution in [0, 0.1) is 0 Å². The van der Waals surface area contributed by atoms with E-state index in [9.17, 15) is 18.0 Å². The zero-order valence-corrected chi connectivity index (χ0v) is 12.3. The van der Waals surface area contributed by atoms with Gasteiger partial charge in [0.15, 0.2) is 0 Å². The number of nitrogens with one attached hydrogen (secondary N) is 1. The number of carbonyl (C=O) groups is 2. The molecule has 0 aromatic heterocycles. The first-order valence-electron chi connectivity index (χ1n) is 6.39.